The molecule has 1 heterocycles. The van der Waals surface area contributed by atoms with Gasteiger partial charge in [0.25, 0.3) is 5.91 Å². The van der Waals surface area contributed by atoms with E-state index in [4.69, 9.17) is 0 Å². The summed E-state index contributed by atoms with van der Waals surface area (Å²) in [5, 5.41) is 12.7. The zero-order chi connectivity index (χ0) is 12.3. The third-order valence-electron chi connectivity index (χ3n) is 5.08. The zero-order valence-electron chi connectivity index (χ0n) is 10.0. The Hall–Kier alpha value is -1.58. The van der Waals surface area contributed by atoms with Crippen molar-refractivity contribution in [1.29, 1.82) is 0 Å². The van der Waals surface area contributed by atoms with Crippen molar-refractivity contribution in [3.63, 3.8) is 0 Å². The third kappa shape index (κ3) is 1.32. The molecule has 0 aliphatic heterocycles. The van der Waals surface area contributed by atoms with Crippen LogP contribution in [-0.2, 0) is 0 Å². The van der Waals surface area contributed by atoms with Crippen molar-refractivity contribution in [3.8, 4) is 5.75 Å². The van der Waals surface area contributed by atoms with Crippen molar-refractivity contribution in [2.24, 2.45) is 23.7 Å². The highest BCUT2D eigenvalue weighted by Crippen LogP contribution is 2.65. The molecule has 0 radical (unpaired) electrons. The van der Waals surface area contributed by atoms with Gasteiger partial charge in [0.1, 0.15) is 5.75 Å². The van der Waals surface area contributed by atoms with Gasteiger partial charge in [-0.25, -0.2) is 0 Å². The summed E-state index contributed by atoms with van der Waals surface area (Å²) in [5.74, 6) is 2.93. The number of pyridine rings is 1. The molecule has 2 N–H and O–H groups in total. The van der Waals surface area contributed by atoms with Crippen LogP contribution in [0.3, 0.4) is 0 Å². The lowest BCUT2D eigenvalue weighted by molar-refractivity contribution is 0.0941. The van der Waals surface area contributed by atoms with Crippen molar-refractivity contribution >= 4 is 5.91 Å². The highest BCUT2D eigenvalue weighted by atomic mass is 16.3. The quantitative estimate of drug-likeness (QED) is 0.830. The lowest BCUT2D eigenvalue weighted by Gasteiger charge is -2.11. The Kier molecular flexibility index (Phi) is 1.99. The van der Waals surface area contributed by atoms with Crippen molar-refractivity contribution in [2.45, 2.75) is 25.3 Å². The summed E-state index contributed by atoms with van der Waals surface area (Å²) in [6, 6.07) is 1.92. The number of nitrogens with zero attached hydrogens (tertiary/aromatic N) is 1. The Labute approximate surface area is 105 Å². The molecule has 94 valence electrons. The van der Waals surface area contributed by atoms with E-state index in [1.54, 1.807) is 6.07 Å². The van der Waals surface area contributed by atoms with E-state index in [0.717, 1.165) is 23.7 Å². The molecule has 2 bridgehead atoms. The molecular formula is C14H16N2O2. The molecule has 4 heteroatoms. The van der Waals surface area contributed by atoms with Crippen LogP contribution in [0.1, 0.15) is 29.6 Å². The first kappa shape index (κ1) is 10.4. The largest absolute Gasteiger partial charge is 0.505 e. The molecule has 1 aromatic rings. The maximum Gasteiger partial charge on any atom is 0.255 e. The van der Waals surface area contributed by atoms with E-state index >= 15 is 0 Å². The van der Waals surface area contributed by atoms with Gasteiger partial charge < -0.3 is 10.4 Å². The van der Waals surface area contributed by atoms with Gasteiger partial charge in [0.05, 0.1) is 11.8 Å². The first-order valence-electron chi connectivity index (χ1n) is 6.69. The number of hydrogen-bond donors (Lipinski definition) is 2. The number of nitrogens with one attached hydrogen (secondary N) is 1. The first-order valence-corrected chi connectivity index (χ1v) is 6.69. The second kappa shape index (κ2) is 3.46. The highest BCUT2D eigenvalue weighted by molar-refractivity contribution is 5.97. The van der Waals surface area contributed by atoms with E-state index in [-0.39, 0.29) is 11.7 Å². The molecule has 18 heavy (non-hydrogen) atoms. The van der Waals surface area contributed by atoms with Gasteiger partial charge >= 0.3 is 0 Å². The van der Waals surface area contributed by atoms with E-state index in [2.05, 4.69) is 10.3 Å². The topological polar surface area (TPSA) is 62.2 Å². The van der Waals surface area contributed by atoms with Gasteiger partial charge in [0.15, 0.2) is 0 Å². The molecule has 4 nitrogen and oxygen atoms in total. The fourth-order valence-electron chi connectivity index (χ4n) is 4.33. The van der Waals surface area contributed by atoms with Crippen LogP contribution in [0.15, 0.2) is 18.5 Å². The van der Waals surface area contributed by atoms with Crippen molar-refractivity contribution < 1.29 is 9.90 Å². The van der Waals surface area contributed by atoms with E-state index in [1.807, 2.05) is 0 Å². The molecule has 0 aromatic carbocycles. The second-order valence-corrected chi connectivity index (χ2v) is 5.88. The first-order chi connectivity index (χ1) is 8.75. The summed E-state index contributed by atoms with van der Waals surface area (Å²) in [6.45, 7) is 0. The number of hydrogen-bond acceptors (Lipinski definition) is 3. The summed E-state index contributed by atoms with van der Waals surface area (Å²) in [5.41, 5.74) is 0.335. The summed E-state index contributed by atoms with van der Waals surface area (Å²) >= 11 is 0. The summed E-state index contributed by atoms with van der Waals surface area (Å²) in [7, 11) is 0. The molecule has 4 unspecified atom stereocenters. The smallest absolute Gasteiger partial charge is 0.255 e. The van der Waals surface area contributed by atoms with E-state index in [0.29, 0.717) is 11.6 Å². The van der Waals surface area contributed by atoms with Gasteiger partial charge in [0.2, 0.25) is 0 Å². The van der Waals surface area contributed by atoms with E-state index < -0.39 is 0 Å². The summed E-state index contributed by atoms with van der Waals surface area (Å²) in [4.78, 5) is 15.9. The molecule has 3 fully saturated rings. The molecule has 4 rings (SSSR count). The Morgan fingerprint density at radius 1 is 1.33 bits per heavy atom. The SMILES string of the molecule is O=C(NC1C2C3CCC(C3)C12)c1ccncc1O. The summed E-state index contributed by atoms with van der Waals surface area (Å²) < 4.78 is 0. The zero-order valence-corrected chi connectivity index (χ0v) is 10.0. The summed E-state index contributed by atoms with van der Waals surface area (Å²) in [6.07, 6.45) is 6.91. The highest BCUT2D eigenvalue weighted by Gasteiger charge is 2.65. The van der Waals surface area contributed by atoms with Crippen LogP contribution >= 0.6 is 0 Å². The number of fused-ring (bicyclic) bond motifs is 5. The third-order valence-corrected chi connectivity index (χ3v) is 5.08. The molecule has 0 saturated heterocycles. The van der Waals surface area contributed by atoms with Crippen LogP contribution in [-0.4, -0.2) is 22.0 Å². The van der Waals surface area contributed by atoms with E-state index in [9.17, 15) is 9.90 Å². The van der Waals surface area contributed by atoms with Crippen molar-refractivity contribution in [1.82, 2.24) is 10.3 Å². The predicted octanol–water partition coefficient (Wildman–Crippen LogP) is 1.56. The minimum absolute atomic E-state index is 0.0382. The van der Waals surface area contributed by atoms with Gasteiger partial charge in [-0.15, -0.1) is 0 Å². The van der Waals surface area contributed by atoms with Crippen LogP contribution in [0.5, 0.6) is 5.75 Å². The van der Waals surface area contributed by atoms with Gasteiger partial charge in [-0.2, -0.15) is 0 Å². The number of amides is 1. The molecular weight excluding hydrogens is 228 g/mol. The Balaban J connectivity index is 1.48. The van der Waals surface area contributed by atoms with Gasteiger partial charge in [-0.1, -0.05) is 0 Å². The minimum Gasteiger partial charge on any atom is -0.505 e. The lowest BCUT2D eigenvalue weighted by atomic mass is 10.0. The van der Waals surface area contributed by atoms with Gasteiger partial charge in [-0.3, -0.25) is 9.78 Å². The van der Waals surface area contributed by atoms with Crippen molar-refractivity contribution in [2.75, 3.05) is 0 Å². The minimum atomic E-state index is -0.159. The Morgan fingerprint density at radius 2 is 2.06 bits per heavy atom. The van der Waals surface area contributed by atoms with Crippen molar-refractivity contribution in [3.05, 3.63) is 24.0 Å². The maximum absolute atomic E-state index is 12.1. The second-order valence-electron chi connectivity index (χ2n) is 5.88. The maximum atomic E-state index is 12.1. The molecule has 3 saturated carbocycles. The average molecular weight is 244 g/mol. The fourth-order valence-corrected chi connectivity index (χ4v) is 4.33. The Morgan fingerprint density at radius 3 is 2.72 bits per heavy atom. The molecule has 3 aliphatic carbocycles. The lowest BCUT2D eigenvalue weighted by Crippen LogP contribution is -2.29. The Bertz CT molecular complexity index is 500. The standard InChI is InChI=1S/C14H16N2O2/c17-10-6-15-4-3-9(10)14(18)16-13-11-7-1-2-8(5-7)12(11)13/h3-4,6-8,11-13,17H,1-2,5H2,(H,16,18). The van der Waals surface area contributed by atoms with Gasteiger partial charge in [0, 0.05) is 12.2 Å². The molecule has 1 aromatic heterocycles. The number of aromatic nitrogens is 1. The van der Waals surface area contributed by atoms with E-state index in [1.165, 1.54) is 31.7 Å². The average Bonchev–Trinajstić information content (AvgIpc) is 2.77. The number of carbonyl (C=O) groups is 1. The number of rotatable bonds is 2. The van der Waals surface area contributed by atoms with Crippen LogP contribution in [0.2, 0.25) is 0 Å². The van der Waals surface area contributed by atoms with Crippen LogP contribution in [0.4, 0.5) is 0 Å². The van der Waals surface area contributed by atoms with Crippen LogP contribution in [0, 0.1) is 23.7 Å². The van der Waals surface area contributed by atoms with Crippen LogP contribution in [0.25, 0.3) is 0 Å². The van der Waals surface area contributed by atoms with Gasteiger partial charge in [-0.05, 0) is 49.0 Å². The van der Waals surface area contributed by atoms with Crippen LogP contribution < -0.4 is 5.32 Å². The molecule has 3 aliphatic rings. The number of aromatic hydroxyl groups is 1. The monoisotopic (exact) mass is 244 g/mol. The molecule has 4 atom stereocenters. The molecule has 0 spiro atoms. The number of carbonyl (C=O) groups excluding carboxylic acids is 1. The predicted molar refractivity (Wildman–Crippen MR) is 65.0 cm³/mol. The normalized spacial score (nSPS) is 39.4. The fraction of sp³-hybridized carbons (Fsp3) is 0.571. The molecule has 1 amide bonds.